The second-order valence-electron chi connectivity index (χ2n) is 10.1. The predicted molar refractivity (Wildman–Crippen MR) is 157 cm³/mol. The Bertz CT molecular complexity index is 1360. The molecule has 2 fully saturated rings. The average Bonchev–Trinajstić information content (AvgIpc) is 3.58. The van der Waals surface area contributed by atoms with Gasteiger partial charge in [0.25, 0.3) is 0 Å². The predicted octanol–water partition coefficient (Wildman–Crippen LogP) is 6.31. The molecule has 2 aromatic carbocycles. The molecule has 6 nitrogen and oxygen atoms in total. The Morgan fingerprint density at radius 2 is 1.81 bits per heavy atom. The summed E-state index contributed by atoms with van der Waals surface area (Å²) in [6, 6.07) is 18.8. The minimum absolute atomic E-state index is 0.0723. The first-order chi connectivity index (χ1) is 18.1. The third-order valence-electron chi connectivity index (χ3n) is 7.60. The Hall–Kier alpha value is -2.55. The molecule has 2 aliphatic heterocycles. The van der Waals surface area contributed by atoms with Crippen LogP contribution < -0.4 is 5.32 Å². The highest BCUT2D eigenvalue weighted by Crippen LogP contribution is 2.38. The van der Waals surface area contributed by atoms with E-state index in [4.69, 9.17) is 9.98 Å². The smallest absolute Gasteiger partial charge is 0.234 e. The number of aromatic nitrogens is 1. The molecule has 0 bridgehead atoms. The zero-order chi connectivity index (χ0) is 25.2. The second kappa shape index (κ2) is 10.7. The number of amides is 1. The van der Waals surface area contributed by atoms with Crippen molar-refractivity contribution in [2.45, 2.75) is 50.2 Å². The Labute approximate surface area is 230 Å². The minimum atomic E-state index is -0.404. The Morgan fingerprint density at radius 3 is 2.59 bits per heavy atom. The van der Waals surface area contributed by atoms with Gasteiger partial charge in [-0.25, -0.2) is 4.99 Å². The van der Waals surface area contributed by atoms with Gasteiger partial charge in [0.05, 0.1) is 28.9 Å². The number of likely N-dealkylation sites (tertiary alicyclic amines) is 1. The van der Waals surface area contributed by atoms with Crippen LogP contribution in [0.3, 0.4) is 0 Å². The van der Waals surface area contributed by atoms with E-state index in [1.54, 1.807) is 6.20 Å². The maximum absolute atomic E-state index is 12.9. The van der Waals surface area contributed by atoms with Crippen molar-refractivity contribution in [2.24, 2.45) is 9.98 Å². The van der Waals surface area contributed by atoms with Crippen LogP contribution in [-0.2, 0) is 4.79 Å². The number of benzene rings is 2. The molecule has 8 heteroatoms. The number of fused-ring (bicyclic) bond motifs is 1. The average molecular weight is 577 g/mol. The quantitative estimate of drug-likeness (QED) is 0.387. The van der Waals surface area contributed by atoms with Crippen LogP contribution in [0.4, 0.5) is 5.69 Å². The van der Waals surface area contributed by atoms with Gasteiger partial charge >= 0.3 is 0 Å². The summed E-state index contributed by atoms with van der Waals surface area (Å²) in [6.45, 7) is 2.08. The van der Waals surface area contributed by atoms with Crippen LogP contribution in [0.5, 0.6) is 0 Å². The van der Waals surface area contributed by atoms with Crippen LogP contribution >= 0.6 is 27.7 Å². The molecule has 1 saturated heterocycles. The lowest BCUT2D eigenvalue weighted by atomic mass is 9.96. The van der Waals surface area contributed by atoms with Crippen molar-refractivity contribution in [2.75, 3.05) is 24.2 Å². The van der Waals surface area contributed by atoms with E-state index in [1.807, 2.05) is 42.5 Å². The van der Waals surface area contributed by atoms with Gasteiger partial charge in [0.15, 0.2) is 5.66 Å². The number of para-hydroxylation sites is 1. The summed E-state index contributed by atoms with van der Waals surface area (Å²) >= 11 is 5.01. The maximum atomic E-state index is 12.9. The van der Waals surface area contributed by atoms with Crippen LogP contribution in [0.2, 0.25) is 0 Å². The minimum Gasteiger partial charge on any atom is -0.324 e. The fourth-order valence-corrected chi connectivity index (χ4v) is 6.77. The topological polar surface area (TPSA) is 70.0 Å². The number of aliphatic imine (C=N–C) groups is 2. The van der Waals surface area contributed by atoms with Gasteiger partial charge in [-0.3, -0.25) is 14.8 Å². The SMILES string of the molecule is O=C(CSC1=NC2(CCN(C3CCCC3)CC2)N=C1c1ccc(Br)cc1)Nc1cnc2ccccc2c1. The Balaban J connectivity index is 1.17. The van der Waals surface area contributed by atoms with Gasteiger partial charge in [-0.1, -0.05) is 70.9 Å². The van der Waals surface area contributed by atoms with Gasteiger partial charge < -0.3 is 10.2 Å². The highest BCUT2D eigenvalue weighted by Gasteiger charge is 2.41. The molecule has 1 saturated carbocycles. The highest BCUT2D eigenvalue weighted by molar-refractivity contribution is 9.10. The summed E-state index contributed by atoms with van der Waals surface area (Å²) in [5.41, 5.74) is 3.17. The third kappa shape index (κ3) is 5.52. The molecule has 1 aromatic heterocycles. The Kier molecular flexibility index (Phi) is 7.14. The van der Waals surface area contributed by atoms with Crippen molar-refractivity contribution in [3.05, 3.63) is 70.8 Å². The molecule has 1 amide bonds. The molecule has 190 valence electrons. The largest absolute Gasteiger partial charge is 0.324 e. The molecule has 1 N–H and O–H groups in total. The number of carbonyl (C=O) groups is 1. The molecular weight excluding hydrogens is 546 g/mol. The molecule has 37 heavy (non-hydrogen) atoms. The standard InChI is InChI=1S/C29H30BrN5OS/c30-22-11-9-20(10-12-22)27-28(34-29(33-27)13-15-35(16-14-29)24-6-2-3-7-24)37-19-26(36)32-23-17-21-5-1-4-8-25(21)31-18-23/h1,4-5,8-12,17-18,24H,2-3,6-7,13-16,19H2,(H,32,36). The van der Waals surface area contributed by atoms with Crippen molar-refractivity contribution < 1.29 is 4.79 Å². The van der Waals surface area contributed by atoms with Gasteiger partial charge in [0, 0.05) is 47.4 Å². The van der Waals surface area contributed by atoms with E-state index in [0.717, 1.165) is 63.7 Å². The second-order valence-corrected chi connectivity index (χ2v) is 12.0. The zero-order valence-electron chi connectivity index (χ0n) is 20.7. The van der Waals surface area contributed by atoms with Crippen LogP contribution in [0.25, 0.3) is 10.9 Å². The van der Waals surface area contributed by atoms with E-state index in [-0.39, 0.29) is 11.7 Å². The van der Waals surface area contributed by atoms with Crippen LogP contribution in [-0.4, -0.2) is 57.1 Å². The van der Waals surface area contributed by atoms with E-state index < -0.39 is 5.66 Å². The number of nitrogens with zero attached hydrogens (tertiary/aromatic N) is 4. The molecule has 0 radical (unpaired) electrons. The van der Waals surface area contributed by atoms with Crippen molar-refractivity contribution in [3.8, 4) is 0 Å². The summed E-state index contributed by atoms with van der Waals surface area (Å²) in [4.78, 5) is 30.4. The van der Waals surface area contributed by atoms with E-state index in [0.29, 0.717) is 5.69 Å². The molecule has 1 aliphatic carbocycles. The van der Waals surface area contributed by atoms with E-state index in [2.05, 4.69) is 43.3 Å². The molecule has 3 aliphatic rings. The zero-order valence-corrected chi connectivity index (χ0v) is 23.1. The number of nitrogens with one attached hydrogen (secondary N) is 1. The first-order valence-electron chi connectivity index (χ1n) is 13.0. The van der Waals surface area contributed by atoms with Gasteiger partial charge in [-0.05, 0) is 37.1 Å². The lowest BCUT2D eigenvalue weighted by Gasteiger charge is -2.38. The lowest BCUT2D eigenvalue weighted by Crippen LogP contribution is -2.45. The summed E-state index contributed by atoms with van der Waals surface area (Å²) in [5.74, 6) is 0.197. The number of pyridine rings is 1. The van der Waals surface area contributed by atoms with Gasteiger partial charge in [-0.15, -0.1) is 0 Å². The fourth-order valence-electron chi connectivity index (χ4n) is 5.63. The van der Waals surface area contributed by atoms with Gasteiger partial charge in [0.1, 0.15) is 5.04 Å². The monoisotopic (exact) mass is 575 g/mol. The van der Waals surface area contributed by atoms with Gasteiger partial charge in [-0.2, -0.15) is 0 Å². The summed E-state index contributed by atoms with van der Waals surface area (Å²) in [6.07, 6.45) is 8.94. The number of hydrogen-bond acceptors (Lipinski definition) is 6. The molecule has 1 spiro atoms. The first-order valence-corrected chi connectivity index (χ1v) is 14.8. The third-order valence-corrected chi connectivity index (χ3v) is 9.10. The van der Waals surface area contributed by atoms with E-state index >= 15 is 0 Å². The number of hydrogen-bond donors (Lipinski definition) is 1. The molecule has 3 aromatic rings. The summed E-state index contributed by atoms with van der Waals surface area (Å²) in [7, 11) is 0. The van der Waals surface area contributed by atoms with Gasteiger partial charge in [0.2, 0.25) is 5.91 Å². The normalized spacial score (nSPS) is 19.8. The van der Waals surface area contributed by atoms with Crippen molar-refractivity contribution >= 4 is 60.9 Å². The van der Waals surface area contributed by atoms with Crippen molar-refractivity contribution in [1.29, 1.82) is 0 Å². The number of rotatable bonds is 5. The van der Waals surface area contributed by atoms with Crippen LogP contribution in [0, 0.1) is 0 Å². The molecule has 6 rings (SSSR count). The number of piperidine rings is 1. The number of anilines is 1. The fraction of sp³-hybridized carbons (Fsp3) is 0.379. The van der Waals surface area contributed by atoms with E-state index in [1.165, 1.54) is 37.4 Å². The van der Waals surface area contributed by atoms with Crippen LogP contribution in [0.1, 0.15) is 44.1 Å². The maximum Gasteiger partial charge on any atom is 0.234 e. The van der Waals surface area contributed by atoms with Crippen LogP contribution in [0.15, 0.2) is 75.3 Å². The highest BCUT2D eigenvalue weighted by atomic mass is 79.9. The molecule has 0 atom stereocenters. The first kappa shape index (κ1) is 24.8. The number of halogens is 1. The molecule has 0 unspecified atom stereocenters. The Morgan fingerprint density at radius 1 is 1.05 bits per heavy atom. The molecular formula is C29H30BrN5OS. The van der Waals surface area contributed by atoms with E-state index in [9.17, 15) is 4.79 Å². The summed E-state index contributed by atoms with van der Waals surface area (Å²) < 4.78 is 1.03. The van der Waals surface area contributed by atoms with Crippen molar-refractivity contribution in [3.63, 3.8) is 0 Å². The summed E-state index contributed by atoms with van der Waals surface area (Å²) in [5, 5.41) is 4.87. The molecule has 3 heterocycles. The lowest BCUT2D eigenvalue weighted by molar-refractivity contribution is -0.113. The van der Waals surface area contributed by atoms with Crippen molar-refractivity contribution in [1.82, 2.24) is 9.88 Å². The number of carbonyl (C=O) groups excluding carboxylic acids is 1. The number of thioether (sulfide) groups is 1.